The van der Waals surface area contributed by atoms with Gasteiger partial charge in [-0.05, 0) is 85.9 Å². The molecule has 0 radical (unpaired) electrons. The molecule has 0 aliphatic heterocycles. The smallest absolute Gasteiger partial charge is 0.0266 e. The molecule has 4 rings (SSSR count). The van der Waals surface area contributed by atoms with Gasteiger partial charge in [0.25, 0.3) is 0 Å². The van der Waals surface area contributed by atoms with Crippen LogP contribution in [-0.2, 0) is 0 Å². The summed E-state index contributed by atoms with van der Waals surface area (Å²) in [5, 5.41) is 0. The van der Waals surface area contributed by atoms with E-state index in [1.165, 1.54) is 19.3 Å². The quantitative estimate of drug-likeness (QED) is 0.396. The van der Waals surface area contributed by atoms with E-state index in [1.807, 2.05) is 0 Å². The Labute approximate surface area is 152 Å². The van der Waals surface area contributed by atoms with Crippen molar-refractivity contribution in [1.82, 2.24) is 0 Å². The van der Waals surface area contributed by atoms with E-state index in [9.17, 15) is 0 Å². The summed E-state index contributed by atoms with van der Waals surface area (Å²) in [6.07, 6.45) is 17.1. The highest BCUT2D eigenvalue weighted by Crippen LogP contribution is 2.66. The number of fused-ring (bicyclic) bond motifs is 5. The van der Waals surface area contributed by atoms with Crippen LogP contribution in [0.2, 0.25) is 0 Å². The summed E-state index contributed by atoms with van der Waals surface area (Å²) in [5.41, 5.74) is 1.49. The van der Waals surface area contributed by atoms with E-state index >= 15 is 0 Å². The Morgan fingerprint density at radius 3 is 2.29 bits per heavy atom. The molecule has 0 N–H and O–H groups in total. The van der Waals surface area contributed by atoms with Crippen LogP contribution in [-0.4, -0.2) is 0 Å². The van der Waals surface area contributed by atoms with Gasteiger partial charge in [0.1, 0.15) is 0 Å². The van der Waals surface area contributed by atoms with Crippen molar-refractivity contribution in [2.75, 3.05) is 0 Å². The molecule has 0 aromatic heterocycles. The average Bonchev–Trinajstić information content (AvgIpc) is 2.79. The van der Waals surface area contributed by atoms with Gasteiger partial charge < -0.3 is 0 Å². The first-order valence-electron chi connectivity index (χ1n) is 9.13. The molecule has 0 aromatic rings. The minimum absolute atomic E-state index is 0. The zero-order valence-corrected chi connectivity index (χ0v) is 17.3. The molecule has 4 saturated carbocycles. The third-order valence-corrected chi connectivity index (χ3v) is 8.36. The van der Waals surface area contributed by atoms with Crippen LogP contribution < -0.4 is 0 Å². The zero-order chi connectivity index (χ0) is 13.1. The van der Waals surface area contributed by atoms with E-state index in [-0.39, 0.29) is 34.0 Å². The fourth-order valence-corrected chi connectivity index (χ4v) is 7.29. The van der Waals surface area contributed by atoms with Gasteiger partial charge in [0.2, 0.25) is 0 Å². The van der Waals surface area contributed by atoms with Gasteiger partial charge in [-0.2, -0.15) is 0 Å². The summed E-state index contributed by atoms with van der Waals surface area (Å²) in [6, 6.07) is 0. The van der Waals surface area contributed by atoms with Crippen molar-refractivity contribution in [3.63, 3.8) is 0 Å². The standard InChI is InChI=1S/C19H32.2BrH/c1-18-11-5-7-16(18)15-9-8-14-6-3-4-12-19(14,2)17(15)10-13-18;;/h14-17H,3-13H2,1-2H3;2*1H/t14-,15+,16+,17+,18+,19+;;/m1../s1. The van der Waals surface area contributed by atoms with Gasteiger partial charge in [-0.3, -0.25) is 0 Å². The Bertz CT molecular complexity index is 369. The van der Waals surface area contributed by atoms with Crippen LogP contribution in [0.15, 0.2) is 0 Å². The van der Waals surface area contributed by atoms with Gasteiger partial charge in [-0.1, -0.05) is 33.1 Å². The molecule has 0 aromatic carbocycles. The van der Waals surface area contributed by atoms with Crippen LogP contribution in [0.5, 0.6) is 0 Å². The van der Waals surface area contributed by atoms with Crippen molar-refractivity contribution >= 4 is 34.0 Å². The first-order chi connectivity index (χ1) is 9.13. The van der Waals surface area contributed by atoms with Gasteiger partial charge in [-0.15, -0.1) is 34.0 Å². The molecular formula is C19H34Br2. The van der Waals surface area contributed by atoms with E-state index in [2.05, 4.69) is 13.8 Å². The molecule has 21 heavy (non-hydrogen) atoms. The van der Waals surface area contributed by atoms with Crippen LogP contribution in [0.3, 0.4) is 0 Å². The van der Waals surface area contributed by atoms with Gasteiger partial charge in [0.05, 0.1) is 0 Å². The fourth-order valence-electron chi connectivity index (χ4n) is 7.29. The largest absolute Gasteiger partial charge is 0.114 e. The number of hydrogen-bond donors (Lipinski definition) is 0. The van der Waals surface area contributed by atoms with Crippen molar-refractivity contribution in [2.45, 2.75) is 84.5 Å². The van der Waals surface area contributed by atoms with E-state index < -0.39 is 0 Å². The molecular weight excluding hydrogens is 388 g/mol. The van der Waals surface area contributed by atoms with E-state index in [1.54, 1.807) is 51.4 Å². The Morgan fingerprint density at radius 1 is 0.667 bits per heavy atom. The van der Waals surface area contributed by atoms with Crippen molar-refractivity contribution in [3.05, 3.63) is 0 Å². The molecule has 0 bridgehead atoms. The molecule has 4 aliphatic rings. The van der Waals surface area contributed by atoms with Gasteiger partial charge in [-0.25, -0.2) is 0 Å². The van der Waals surface area contributed by atoms with E-state index in [4.69, 9.17) is 0 Å². The Balaban J connectivity index is 0.000000807. The monoisotopic (exact) mass is 420 g/mol. The maximum atomic E-state index is 2.70. The second-order valence-electron chi connectivity index (χ2n) is 8.99. The van der Waals surface area contributed by atoms with Crippen LogP contribution in [0.1, 0.15) is 84.5 Å². The molecule has 6 atom stereocenters. The molecule has 0 amide bonds. The second-order valence-corrected chi connectivity index (χ2v) is 8.99. The molecule has 4 fully saturated rings. The molecule has 0 spiro atoms. The van der Waals surface area contributed by atoms with Gasteiger partial charge >= 0.3 is 0 Å². The van der Waals surface area contributed by atoms with Crippen LogP contribution in [0.4, 0.5) is 0 Å². The van der Waals surface area contributed by atoms with Gasteiger partial charge in [0.15, 0.2) is 0 Å². The molecule has 124 valence electrons. The van der Waals surface area contributed by atoms with Crippen molar-refractivity contribution in [3.8, 4) is 0 Å². The lowest BCUT2D eigenvalue weighted by molar-refractivity contribution is -0.103. The first-order valence-corrected chi connectivity index (χ1v) is 9.13. The Hall–Kier alpha value is 0.960. The topological polar surface area (TPSA) is 0 Å². The maximum Gasteiger partial charge on any atom is -0.0266 e. The van der Waals surface area contributed by atoms with Crippen LogP contribution in [0.25, 0.3) is 0 Å². The highest BCUT2D eigenvalue weighted by Gasteiger charge is 2.56. The van der Waals surface area contributed by atoms with Crippen LogP contribution >= 0.6 is 34.0 Å². The third-order valence-electron chi connectivity index (χ3n) is 8.36. The second kappa shape index (κ2) is 6.46. The van der Waals surface area contributed by atoms with E-state index in [0.717, 1.165) is 34.5 Å². The minimum Gasteiger partial charge on any atom is -0.114 e. The average molecular weight is 422 g/mol. The third kappa shape index (κ3) is 2.69. The molecule has 4 aliphatic carbocycles. The summed E-state index contributed by atoms with van der Waals surface area (Å²) in [7, 11) is 0. The normalized spacial score (nSPS) is 51.7. The minimum atomic E-state index is 0. The Morgan fingerprint density at radius 2 is 1.48 bits per heavy atom. The van der Waals surface area contributed by atoms with Crippen molar-refractivity contribution in [2.24, 2.45) is 34.5 Å². The number of hydrogen-bond acceptors (Lipinski definition) is 0. The molecule has 0 nitrogen and oxygen atoms in total. The highest BCUT2D eigenvalue weighted by molar-refractivity contribution is 8.93. The van der Waals surface area contributed by atoms with E-state index in [0.29, 0.717) is 0 Å². The lowest BCUT2D eigenvalue weighted by Gasteiger charge is -2.60. The van der Waals surface area contributed by atoms with Gasteiger partial charge in [0, 0.05) is 0 Å². The first kappa shape index (κ1) is 18.3. The zero-order valence-electron chi connectivity index (χ0n) is 13.9. The SMILES string of the molecule is Br.Br.C[C@@]12CCC[C@H]1[C@@H]1CC[C@H]3CCCC[C@]3(C)[C@H]1CC2. The number of halogens is 2. The lowest BCUT2D eigenvalue weighted by atomic mass is 9.45. The molecule has 0 saturated heterocycles. The highest BCUT2D eigenvalue weighted by atomic mass is 79.9. The van der Waals surface area contributed by atoms with Crippen LogP contribution in [0, 0.1) is 34.5 Å². The maximum absolute atomic E-state index is 2.70. The van der Waals surface area contributed by atoms with Crippen molar-refractivity contribution in [1.29, 1.82) is 0 Å². The summed E-state index contributed by atoms with van der Waals surface area (Å²) in [4.78, 5) is 0. The predicted molar refractivity (Wildman–Crippen MR) is 102 cm³/mol. The van der Waals surface area contributed by atoms with Crippen molar-refractivity contribution < 1.29 is 0 Å². The summed E-state index contributed by atoms with van der Waals surface area (Å²) < 4.78 is 0. The summed E-state index contributed by atoms with van der Waals surface area (Å²) >= 11 is 0. The summed E-state index contributed by atoms with van der Waals surface area (Å²) in [5.74, 6) is 4.41. The Kier molecular flexibility index (Phi) is 5.63. The lowest BCUT2D eigenvalue weighted by Crippen LogP contribution is -2.51. The predicted octanol–water partition coefficient (Wildman–Crippen LogP) is 6.97. The molecule has 0 heterocycles. The number of rotatable bonds is 0. The fraction of sp³-hybridized carbons (Fsp3) is 1.00. The molecule has 2 heteroatoms. The summed E-state index contributed by atoms with van der Waals surface area (Å²) in [6.45, 7) is 5.33. The molecule has 0 unspecified atom stereocenters.